The van der Waals surface area contributed by atoms with E-state index in [1.165, 1.54) is 47.7 Å². The van der Waals surface area contributed by atoms with Crippen LogP contribution in [0.2, 0.25) is 0 Å². The Hall–Kier alpha value is -0.370. The molecule has 2 rings (SSSR count). The zero-order chi connectivity index (χ0) is 9.97. The van der Waals surface area contributed by atoms with Gasteiger partial charge >= 0.3 is 0 Å². The average molecular weight is 209 g/mol. The van der Waals surface area contributed by atoms with E-state index in [4.69, 9.17) is 4.98 Å². The summed E-state index contributed by atoms with van der Waals surface area (Å²) in [4.78, 5) is 6.21. The number of hydrogen-bond donors (Lipinski definition) is 0. The van der Waals surface area contributed by atoms with Crippen LogP contribution in [0.3, 0.4) is 0 Å². The summed E-state index contributed by atoms with van der Waals surface area (Å²) in [5.74, 6) is 0.785. The minimum atomic E-state index is 0.785. The van der Waals surface area contributed by atoms with Gasteiger partial charge in [0, 0.05) is 10.8 Å². The van der Waals surface area contributed by atoms with E-state index in [0.717, 1.165) is 12.3 Å². The third-order valence-corrected chi connectivity index (χ3v) is 4.37. The van der Waals surface area contributed by atoms with Crippen LogP contribution in [-0.4, -0.2) is 4.98 Å². The molecule has 0 aromatic carbocycles. The van der Waals surface area contributed by atoms with Crippen molar-refractivity contribution in [3.05, 3.63) is 15.6 Å². The molecule has 78 valence electrons. The minimum Gasteiger partial charge on any atom is -0.246 e. The van der Waals surface area contributed by atoms with Gasteiger partial charge < -0.3 is 0 Å². The summed E-state index contributed by atoms with van der Waals surface area (Å²) in [5, 5.41) is 1.42. The maximum absolute atomic E-state index is 4.77. The maximum Gasteiger partial charge on any atom is 0.0961 e. The van der Waals surface area contributed by atoms with Gasteiger partial charge in [-0.3, -0.25) is 0 Å². The van der Waals surface area contributed by atoms with Gasteiger partial charge in [0.2, 0.25) is 0 Å². The third kappa shape index (κ3) is 2.00. The van der Waals surface area contributed by atoms with Crippen molar-refractivity contribution < 1.29 is 0 Å². The van der Waals surface area contributed by atoms with Crippen LogP contribution in [0.5, 0.6) is 0 Å². The first-order valence-corrected chi connectivity index (χ1v) is 6.59. The first kappa shape index (κ1) is 10.2. The SMILES string of the molecule is CCc1nc(C2CCCCC2)sc1C. The highest BCUT2D eigenvalue weighted by Crippen LogP contribution is 2.35. The predicted molar refractivity (Wildman–Crippen MR) is 62.1 cm³/mol. The summed E-state index contributed by atoms with van der Waals surface area (Å²) in [7, 11) is 0. The molecule has 1 aromatic rings. The van der Waals surface area contributed by atoms with Crippen molar-refractivity contribution in [2.75, 3.05) is 0 Å². The second-order valence-corrected chi connectivity index (χ2v) is 5.48. The number of aromatic nitrogens is 1. The van der Waals surface area contributed by atoms with Gasteiger partial charge in [-0.1, -0.05) is 26.2 Å². The van der Waals surface area contributed by atoms with E-state index in [2.05, 4.69) is 13.8 Å². The molecule has 0 unspecified atom stereocenters. The number of aryl methyl sites for hydroxylation is 2. The van der Waals surface area contributed by atoms with Crippen molar-refractivity contribution in [3.63, 3.8) is 0 Å². The molecule has 0 saturated heterocycles. The second kappa shape index (κ2) is 4.43. The molecule has 1 aromatic heterocycles. The molecule has 1 nitrogen and oxygen atoms in total. The van der Waals surface area contributed by atoms with Crippen molar-refractivity contribution in [2.45, 2.75) is 58.3 Å². The van der Waals surface area contributed by atoms with E-state index in [0.29, 0.717) is 0 Å². The number of rotatable bonds is 2. The van der Waals surface area contributed by atoms with Gasteiger partial charge in [0.15, 0.2) is 0 Å². The first-order chi connectivity index (χ1) is 6.81. The molecule has 1 fully saturated rings. The largest absolute Gasteiger partial charge is 0.246 e. The van der Waals surface area contributed by atoms with Crippen LogP contribution in [0.15, 0.2) is 0 Å². The standard InChI is InChI=1S/C12H19NS/c1-3-11-9(2)14-12(13-11)10-7-5-4-6-8-10/h10H,3-8H2,1-2H3. The molecule has 0 atom stereocenters. The van der Waals surface area contributed by atoms with Crippen molar-refractivity contribution in [1.82, 2.24) is 4.98 Å². The zero-order valence-electron chi connectivity index (χ0n) is 9.18. The lowest BCUT2D eigenvalue weighted by Gasteiger charge is -2.18. The lowest BCUT2D eigenvalue weighted by Crippen LogP contribution is -2.04. The van der Waals surface area contributed by atoms with Crippen molar-refractivity contribution in [2.24, 2.45) is 0 Å². The highest BCUT2D eigenvalue weighted by atomic mass is 32.1. The summed E-state index contributed by atoms with van der Waals surface area (Å²) in [6.45, 7) is 4.41. The van der Waals surface area contributed by atoms with E-state index >= 15 is 0 Å². The monoisotopic (exact) mass is 209 g/mol. The molecular weight excluding hydrogens is 190 g/mol. The Bertz CT molecular complexity index is 297. The van der Waals surface area contributed by atoms with Gasteiger partial charge in [-0.25, -0.2) is 4.98 Å². The quantitative estimate of drug-likeness (QED) is 0.715. The molecule has 0 aliphatic heterocycles. The Morgan fingerprint density at radius 3 is 2.57 bits per heavy atom. The summed E-state index contributed by atoms with van der Waals surface area (Å²) in [5.41, 5.74) is 1.33. The number of thiazole rings is 1. The molecule has 1 aliphatic carbocycles. The fraction of sp³-hybridized carbons (Fsp3) is 0.750. The Morgan fingerprint density at radius 1 is 1.29 bits per heavy atom. The van der Waals surface area contributed by atoms with Gasteiger partial charge in [-0.2, -0.15) is 0 Å². The topological polar surface area (TPSA) is 12.9 Å². The summed E-state index contributed by atoms with van der Waals surface area (Å²) in [6, 6.07) is 0. The number of hydrogen-bond acceptors (Lipinski definition) is 2. The Kier molecular flexibility index (Phi) is 3.22. The summed E-state index contributed by atoms with van der Waals surface area (Å²) >= 11 is 1.93. The van der Waals surface area contributed by atoms with Crippen molar-refractivity contribution in [1.29, 1.82) is 0 Å². The normalized spacial score (nSPS) is 18.7. The summed E-state index contributed by atoms with van der Waals surface area (Å²) in [6.07, 6.45) is 8.08. The Balaban J connectivity index is 2.14. The molecule has 0 N–H and O–H groups in total. The lowest BCUT2D eigenvalue weighted by molar-refractivity contribution is 0.442. The van der Waals surface area contributed by atoms with E-state index in [1.54, 1.807) is 0 Å². The fourth-order valence-electron chi connectivity index (χ4n) is 2.30. The fourth-order valence-corrected chi connectivity index (χ4v) is 3.48. The molecule has 0 spiro atoms. The van der Waals surface area contributed by atoms with Crippen LogP contribution in [0.4, 0.5) is 0 Å². The van der Waals surface area contributed by atoms with Crippen molar-refractivity contribution in [3.8, 4) is 0 Å². The van der Waals surface area contributed by atoms with Gasteiger partial charge in [0.25, 0.3) is 0 Å². The van der Waals surface area contributed by atoms with E-state index in [1.807, 2.05) is 11.3 Å². The molecule has 0 amide bonds. The molecule has 1 aliphatic rings. The second-order valence-electron chi connectivity index (χ2n) is 4.24. The molecule has 1 heterocycles. The first-order valence-electron chi connectivity index (χ1n) is 5.77. The summed E-state index contributed by atoms with van der Waals surface area (Å²) < 4.78 is 0. The average Bonchev–Trinajstić information content (AvgIpc) is 2.61. The Morgan fingerprint density at radius 2 is 2.00 bits per heavy atom. The highest BCUT2D eigenvalue weighted by Gasteiger charge is 2.19. The maximum atomic E-state index is 4.77. The third-order valence-electron chi connectivity index (χ3n) is 3.20. The Labute approximate surface area is 90.6 Å². The van der Waals surface area contributed by atoms with Crippen LogP contribution in [0.1, 0.15) is 60.5 Å². The molecule has 1 saturated carbocycles. The van der Waals surface area contributed by atoms with Gasteiger partial charge in [0.05, 0.1) is 10.7 Å². The molecule has 14 heavy (non-hydrogen) atoms. The van der Waals surface area contributed by atoms with E-state index in [-0.39, 0.29) is 0 Å². The highest BCUT2D eigenvalue weighted by molar-refractivity contribution is 7.11. The van der Waals surface area contributed by atoms with E-state index < -0.39 is 0 Å². The van der Waals surface area contributed by atoms with Gasteiger partial charge in [0.1, 0.15) is 0 Å². The minimum absolute atomic E-state index is 0.785. The number of nitrogens with zero attached hydrogens (tertiary/aromatic N) is 1. The van der Waals surface area contributed by atoms with E-state index in [9.17, 15) is 0 Å². The molecule has 0 radical (unpaired) electrons. The van der Waals surface area contributed by atoms with Gasteiger partial charge in [-0.15, -0.1) is 11.3 Å². The lowest BCUT2D eigenvalue weighted by atomic mass is 9.90. The van der Waals surface area contributed by atoms with Gasteiger partial charge in [-0.05, 0) is 26.2 Å². The van der Waals surface area contributed by atoms with Crippen LogP contribution < -0.4 is 0 Å². The van der Waals surface area contributed by atoms with Crippen molar-refractivity contribution >= 4 is 11.3 Å². The molecule has 0 bridgehead atoms. The van der Waals surface area contributed by atoms with Crippen LogP contribution in [0, 0.1) is 6.92 Å². The zero-order valence-corrected chi connectivity index (χ0v) is 9.99. The molecular formula is C12H19NS. The van der Waals surface area contributed by atoms with Crippen LogP contribution in [0.25, 0.3) is 0 Å². The van der Waals surface area contributed by atoms with Crippen LogP contribution in [-0.2, 0) is 6.42 Å². The molecule has 2 heteroatoms. The van der Waals surface area contributed by atoms with Crippen LogP contribution >= 0.6 is 11.3 Å². The predicted octanol–water partition coefficient (Wildman–Crippen LogP) is 4.06. The smallest absolute Gasteiger partial charge is 0.0961 e.